The molecule has 2 aromatic rings. The fourth-order valence-corrected chi connectivity index (χ4v) is 5.00. The Morgan fingerprint density at radius 2 is 1.90 bits per heavy atom. The molecular weight excluding hydrogens is 274 g/mol. The molecule has 0 N–H and O–H groups in total. The van der Waals surface area contributed by atoms with Gasteiger partial charge in [-0.15, -0.1) is 11.8 Å². The van der Waals surface area contributed by atoms with Crippen LogP contribution in [-0.4, -0.2) is 12.4 Å². The van der Waals surface area contributed by atoms with Crippen LogP contribution in [0.5, 0.6) is 0 Å². The van der Waals surface area contributed by atoms with E-state index < -0.39 is 0 Å². The molecule has 1 aliphatic carbocycles. The van der Waals surface area contributed by atoms with Gasteiger partial charge < -0.3 is 4.90 Å². The Balaban J connectivity index is 2.26. The van der Waals surface area contributed by atoms with Crippen LogP contribution in [0.15, 0.2) is 23.1 Å². The summed E-state index contributed by atoms with van der Waals surface area (Å²) in [6.07, 6.45) is 8.38. The molecule has 0 atom stereocenters. The van der Waals surface area contributed by atoms with E-state index in [0.29, 0.717) is 0 Å². The monoisotopic (exact) mass is 295 g/mol. The average molecular weight is 295 g/mol. The maximum absolute atomic E-state index is 2.55. The van der Waals surface area contributed by atoms with Crippen LogP contribution >= 0.6 is 11.8 Å². The molecule has 2 heteroatoms. The van der Waals surface area contributed by atoms with Crippen molar-refractivity contribution >= 4 is 40.4 Å². The van der Waals surface area contributed by atoms with Gasteiger partial charge in [0.1, 0.15) is 0 Å². The number of benzene rings is 2. The second-order valence-corrected chi connectivity index (χ2v) is 6.77. The Kier molecular flexibility index (Phi) is 3.22. The van der Waals surface area contributed by atoms with Crippen LogP contribution in [0.4, 0.5) is 5.69 Å². The van der Waals surface area contributed by atoms with E-state index in [1.54, 1.807) is 0 Å². The number of hydrogen-bond acceptors (Lipinski definition) is 2. The normalized spacial score (nSPS) is 16.4. The van der Waals surface area contributed by atoms with Gasteiger partial charge in [-0.1, -0.05) is 37.3 Å². The van der Waals surface area contributed by atoms with Gasteiger partial charge in [0.15, 0.2) is 0 Å². The summed E-state index contributed by atoms with van der Waals surface area (Å²) in [4.78, 5) is 4.07. The Morgan fingerprint density at radius 1 is 1.10 bits per heavy atom. The quantitative estimate of drug-likeness (QED) is 0.832. The zero-order valence-corrected chi connectivity index (χ0v) is 13.6. The van der Waals surface area contributed by atoms with Crippen molar-refractivity contribution < 1.29 is 0 Å². The van der Waals surface area contributed by atoms with E-state index >= 15 is 0 Å². The average Bonchev–Trinajstić information content (AvgIpc) is 2.98. The summed E-state index contributed by atoms with van der Waals surface area (Å²) in [6, 6.07) is 6.85. The van der Waals surface area contributed by atoms with Crippen LogP contribution in [0.2, 0.25) is 0 Å². The van der Waals surface area contributed by atoms with Gasteiger partial charge in [0.05, 0.1) is 11.6 Å². The summed E-state index contributed by atoms with van der Waals surface area (Å²) in [6.45, 7) is 5.63. The number of anilines is 1. The lowest BCUT2D eigenvalue weighted by atomic mass is 9.95. The van der Waals surface area contributed by atoms with E-state index in [0.717, 1.165) is 18.8 Å². The Bertz CT molecular complexity index is 835. The minimum atomic E-state index is 1.09. The number of hydrogen-bond donors (Lipinski definition) is 0. The number of aryl methyl sites for hydroxylation is 1. The summed E-state index contributed by atoms with van der Waals surface area (Å²) in [5, 5.41) is 5.95. The first-order chi connectivity index (χ1) is 10.3. The summed E-state index contributed by atoms with van der Waals surface area (Å²) in [5.74, 6) is 1.10. The maximum atomic E-state index is 2.55. The highest BCUT2D eigenvalue weighted by Gasteiger charge is 2.25. The molecule has 0 aromatic heterocycles. The van der Waals surface area contributed by atoms with E-state index in [4.69, 9.17) is 0 Å². The van der Waals surface area contributed by atoms with E-state index in [1.165, 1.54) is 50.2 Å². The lowest BCUT2D eigenvalue weighted by molar-refractivity contribution is 0.952. The second kappa shape index (κ2) is 5.10. The van der Waals surface area contributed by atoms with Gasteiger partial charge in [0, 0.05) is 16.8 Å². The highest BCUT2D eigenvalue weighted by Crippen LogP contribution is 2.41. The van der Waals surface area contributed by atoms with Crippen molar-refractivity contribution in [2.75, 3.05) is 17.3 Å². The Hall–Kier alpha value is -1.41. The van der Waals surface area contributed by atoms with Crippen molar-refractivity contribution in [3.05, 3.63) is 34.2 Å². The van der Waals surface area contributed by atoms with Crippen molar-refractivity contribution in [2.45, 2.75) is 38.0 Å². The smallest absolute Gasteiger partial charge is 0.0687 e. The second-order valence-electron chi connectivity index (χ2n) is 5.81. The molecule has 2 aliphatic rings. The number of nitrogens with zero attached hydrogens (tertiary/aromatic N) is 1. The molecule has 4 rings (SSSR count). The van der Waals surface area contributed by atoms with E-state index in [9.17, 15) is 0 Å². The first kappa shape index (κ1) is 13.3. The molecule has 21 heavy (non-hydrogen) atoms. The molecule has 0 unspecified atom stereocenters. The minimum absolute atomic E-state index is 1.09. The first-order valence-electron chi connectivity index (χ1n) is 8.00. The van der Waals surface area contributed by atoms with Crippen molar-refractivity contribution in [2.24, 2.45) is 0 Å². The molecule has 0 bridgehead atoms. The molecule has 0 spiro atoms. The van der Waals surface area contributed by atoms with Gasteiger partial charge in [-0.25, -0.2) is 0 Å². The highest BCUT2D eigenvalue weighted by atomic mass is 32.2. The highest BCUT2D eigenvalue weighted by molar-refractivity contribution is 7.99. The van der Waals surface area contributed by atoms with Gasteiger partial charge in [-0.3, -0.25) is 0 Å². The van der Waals surface area contributed by atoms with Gasteiger partial charge in [0.25, 0.3) is 0 Å². The van der Waals surface area contributed by atoms with Crippen LogP contribution < -0.4 is 15.3 Å². The Labute approximate surface area is 130 Å². The van der Waals surface area contributed by atoms with Crippen LogP contribution in [-0.2, 0) is 6.42 Å². The summed E-state index contributed by atoms with van der Waals surface area (Å²) in [5.41, 5.74) is 2.99. The summed E-state index contributed by atoms with van der Waals surface area (Å²) < 4.78 is 0. The predicted molar refractivity (Wildman–Crippen MR) is 94.5 cm³/mol. The molecule has 0 amide bonds. The zero-order valence-electron chi connectivity index (χ0n) is 12.8. The number of thioether (sulfide) groups is 1. The fourth-order valence-electron chi connectivity index (χ4n) is 3.69. The summed E-state index contributed by atoms with van der Waals surface area (Å²) in [7, 11) is 0. The fraction of sp³-hybridized carbons (Fsp3) is 0.368. The van der Waals surface area contributed by atoms with Crippen molar-refractivity contribution in [3.8, 4) is 0 Å². The van der Waals surface area contributed by atoms with Crippen LogP contribution in [0.1, 0.15) is 32.3 Å². The van der Waals surface area contributed by atoms with Crippen LogP contribution in [0.25, 0.3) is 22.9 Å². The van der Waals surface area contributed by atoms with Crippen LogP contribution in [0.3, 0.4) is 0 Å². The van der Waals surface area contributed by atoms with Crippen molar-refractivity contribution in [1.29, 1.82) is 0 Å². The van der Waals surface area contributed by atoms with Crippen molar-refractivity contribution in [1.82, 2.24) is 0 Å². The van der Waals surface area contributed by atoms with Crippen LogP contribution in [0, 0.1) is 0 Å². The standard InChI is InChI=1S/C19H21NS/c1-3-13-8-7-11-15-14-9-5-6-10-16(14)19-18(17(13)15)20(4-2)12-21-19/h7-11H,3-6,12H2,1-2H3. The third-order valence-corrected chi connectivity index (χ3v) is 5.88. The molecule has 1 nitrogen and oxygen atoms in total. The zero-order chi connectivity index (χ0) is 14.4. The molecule has 0 saturated heterocycles. The Morgan fingerprint density at radius 3 is 2.67 bits per heavy atom. The van der Waals surface area contributed by atoms with Gasteiger partial charge in [-0.05, 0) is 47.6 Å². The topological polar surface area (TPSA) is 3.24 Å². The maximum Gasteiger partial charge on any atom is 0.0687 e. The molecule has 0 radical (unpaired) electrons. The first-order valence-corrected chi connectivity index (χ1v) is 8.99. The molecule has 108 valence electrons. The van der Waals surface area contributed by atoms with Crippen molar-refractivity contribution in [3.63, 3.8) is 0 Å². The lowest BCUT2D eigenvalue weighted by Crippen LogP contribution is -2.30. The van der Waals surface area contributed by atoms with Gasteiger partial charge in [0.2, 0.25) is 0 Å². The SMILES string of the molecule is CCc1cccc2c3c(c4c(c12)N(CC)CS4)=CCCC=3. The number of rotatable bonds is 2. The minimum Gasteiger partial charge on any atom is -0.361 e. The van der Waals surface area contributed by atoms with Gasteiger partial charge in [-0.2, -0.15) is 0 Å². The van der Waals surface area contributed by atoms with E-state index in [1.807, 2.05) is 11.8 Å². The molecule has 0 saturated carbocycles. The summed E-state index contributed by atoms with van der Waals surface area (Å²) >= 11 is 2.02. The van der Waals surface area contributed by atoms with E-state index in [2.05, 4.69) is 49.1 Å². The third kappa shape index (κ3) is 1.85. The number of fused-ring (bicyclic) bond motifs is 6. The predicted octanol–water partition coefficient (Wildman–Crippen LogP) is 3.65. The molecule has 2 aromatic carbocycles. The molecule has 1 aliphatic heterocycles. The molecule has 0 fully saturated rings. The van der Waals surface area contributed by atoms with Gasteiger partial charge >= 0.3 is 0 Å². The lowest BCUT2D eigenvalue weighted by Gasteiger charge is -2.21. The molecule has 1 heterocycles. The van der Waals surface area contributed by atoms with E-state index in [-0.39, 0.29) is 0 Å². The third-order valence-electron chi connectivity index (χ3n) is 4.73. The molecular formula is C19H21NS. The largest absolute Gasteiger partial charge is 0.361 e.